The molecule has 20 heavy (non-hydrogen) atoms. The van der Waals surface area contributed by atoms with Gasteiger partial charge in [-0.2, -0.15) is 0 Å². The Morgan fingerprint density at radius 3 is 2.80 bits per heavy atom. The van der Waals surface area contributed by atoms with Gasteiger partial charge in [-0.05, 0) is 25.5 Å². The van der Waals surface area contributed by atoms with Gasteiger partial charge in [-0.25, -0.2) is 4.79 Å². The normalized spacial score (nSPS) is 19.6. The maximum Gasteiger partial charge on any atom is 0.330 e. The Balaban J connectivity index is 2.04. The number of carbonyl (C=O) groups is 2. The lowest BCUT2D eigenvalue weighted by Crippen LogP contribution is -2.37. The molecule has 1 aliphatic rings. The lowest BCUT2D eigenvalue weighted by molar-refractivity contribution is -0.142. The number of carboxylic acids is 1. The van der Waals surface area contributed by atoms with Gasteiger partial charge in [0.15, 0.2) is 6.04 Å². The predicted octanol–water partition coefficient (Wildman–Crippen LogP) is 1.72. The molecule has 0 saturated carbocycles. The van der Waals surface area contributed by atoms with Crippen molar-refractivity contribution in [2.45, 2.75) is 31.3 Å². The molecule has 6 heteroatoms. The molecule has 1 unspecified atom stereocenters. The monoisotopic (exact) mass is 296 g/mol. The van der Waals surface area contributed by atoms with Gasteiger partial charge in [0.1, 0.15) is 0 Å². The lowest BCUT2D eigenvalue weighted by atomic mass is 10.1. The van der Waals surface area contributed by atoms with Gasteiger partial charge < -0.3 is 15.7 Å². The van der Waals surface area contributed by atoms with Crippen LogP contribution in [0.25, 0.3) is 0 Å². The summed E-state index contributed by atoms with van der Waals surface area (Å²) in [5.74, 6) is -1.40. The van der Waals surface area contributed by atoms with E-state index in [0.29, 0.717) is 10.6 Å². The number of benzene rings is 1. The summed E-state index contributed by atoms with van der Waals surface area (Å²) < 4.78 is 0. The van der Waals surface area contributed by atoms with Crippen molar-refractivity contribution in [3.8, 4) is 0 Å². The first kappa shape index (κ1) is 14.8. The van der Waals surface area contributed by atoms with Crippen LogP contribution in [0.15, 0.2) is 24.3 Å². The first-order chi connectivity index (χ1) is 9.58. The van der Waals surface area contributed by atoms with Crippen molar-refractivity contribution >= 4 is 23.5 Å². The van der Waals surface area contributed by atoms with Crippen LogP contribution in [0, 0.1) is 0 Å². The third-order valence-corrected chi connectivity index (χ3v) is 3.71. The first-order valence-corrected chi connectivity index (χ1v) is 6.95. The minimum Gasteiger partial charge on any atom is -0.479 e. The first-order valence-electron chi connectivity index (χ1n) is 6.58. The molecule has 1 amide bonds. The van der Waals surface area contributed by atoms with Gasteiger partial charge in [0.05, 0.1) is 0 Å². The number of amides is 1. The second-order valence-electron chi connectivity index (χ2n) is 4.86. The van der Waals surface area contributed by atoms with Gasteiger partial charge >= 0.3 is 5.97 Å². The molecule has 1 saturated heterocycles. The Labute approximate surface area is 122 Å². The number of carbonyl (C=O) groups excluding carboxylic acids is 1. The highest BCUT2D eigenvalue weighted by atomic mass is 35.5. The number of hydrogen-bond acceptors (Lipinski definition) is 3. The molecule has 1 heterocycles. The Bertz CT molecular complexity index is 501. The summed E-state index contributed by atoms with van der Waals surface area (Å²) in [7, 11) is 0. The number of carboxylic acid groups (broad SMARTS) is 1. The maximum absolute atomic E-state index is 11.9. The highest BCUT2D eigenvalue weighted by Gasteiger charge is 2.26. The summed E-state index contributed by atoms with van der Waals surface area (Å²) in [6, 6.07) is 5.65. The largest absolute Gasteiger partial charge is 0.479 e. The van der Waals surface area contributed by atoms with Crippen molar-refractivity contribution in [1.29, 1.82) is 0 Å². The van der Waals surface area contributed by atoms with Crippen LogP contribution in [0.4, 0.5) is 0 Å². The molecule has 0 aromatic heterocycles. The number of nitrogens with one attached hydrogen (secondary N) is 2. The topological polar surface area (TPSA) is 78.4 Å². The molecule has 0 bridgehead atoms. The maximum atomic E-state index is 11.9. The average molecular weight is 297 g/mol. The van der Waals surface area contributed by atoms with Crippen molar-refractivity contribution in [3.63, 3.8) is 0 Å². The second kappa shape index (κ2) is 6.72. The number of rotatable bonds is 5. The fourth-order valence-electron chi connectivity index (χ4n) is 2.36. The zero-order chi connectivity index (χ0) is 14.5. The van der Waals surface area contributed by atoms with Crippen LogP contribution in [0.2, 0.25) is 5.02 Å². The van der Waals surface area contributed by atoms with Crippen molar-refractivity contribution in [2.75, 3.05) is 6.54 Å². The van der Waals surface area contributed by atoms with E-state index in [4.69, 9.17) is 11.6 Å². The minimum absolute atomic E-state index is 0.135. The van der Waals surface area contributed by atoms with Gasteiger partial charge in [-0.15, -0.1) is 0 Å². The van der Waals surface area contributed by atoms with Crippen LogP contribution in [0.1, 0.15) is 30.9 Å². The van der Waals surface area contributed by atoms with Crippen LogP contribution >= 0.6 is 11.6 Å². The number of halogens is 1. The Morgan fingerprint density at radius 1 is 1.45 bits per heavy atom. The van der Waals surface area contributed by atoms with Crippen LogP contribution in [-0.4, -0.2) is 29.6 Å². The van der Waals surface area contributed by atoms with E-state index in [9.17, 15) is 14.7 Å². The van der Waals surface area contributed by atoms with E-state index < -0.39 is 12.0 Å². The van der Waals surface area contributed by atoms with E-state index in [1.165, 1.54) is 0 Å². The number of aliphatic carboxylic acids is 1. The molecule has 2 rings (SSSR count). The van der Waals surface area contributed by atoms with Gasteiger partial charge in [-0.1, -0.05) is 29.8 Å². The van der Waals surface area contributed by atoms with E-state index in [2.05, 4.69) is 10.6 Å². The molecule has 0 radical (unpaired) electrons. The quantitative estimate of drug-likeness (QED) is 0.773. The van der Waals surface area contributed by atoms with E-state index >= 15 is 0 Å². The van der Waals surface area contributed by atoms with Crippen LogP contribution in [0.3, 0.4) is 0 Å². The Morgan fingerprint density at radius 2 is 2.20 bits per heavy atom. The summed E-state index contributed by atoms with van der Waals surface area (Å²) in [5, 5.41) is 15.3. The Kier molecular flexibility index (Phi) is 4.98. The highest BCUT2D eigenvalue weighted by molar-refractivity contribution is 6.31. The average Bonchev–Trinajstić information content (AvgIpc) is 2.89. The smallest absolute Gasteiger partial charge is 0.330 e. The molecule has 0 aliphatic carbocycles. The molecule has 2 atom stereocenters. The third-order valence-electron chi connectivity index (χ3n) is 3.36. The van der Waals surface area contributed by atoms with Crippen molar-refractivity contribution in [3.05, 3.63) is 34.9 Å². The predicted molar refractivity (Wildman–Crippen MR) is 75.6 cm³/mol. The summed E-state index contributed by atoms with van der Waals surface area (Å²) in [6.45, 7) is 0.908. The fraction of sp³-hybridized carbons (Fsp3) is 0.429. The van der Waals surface area contributed by atoms with Gasteiger partial charge in [0, 0.05) is 23.0 Å². The molecular formula is C14H17ClN2O3. The van der Waals surface area contributed by atoms with Crippen molar-refractivity contribution < 1.29 is 14.7 Å². The summed E-state index contributed by atoms with van der Waals surface area (Å²) >= 11 is 5.99. The standard InChI is InChI=1S/C14H17ClN2O3/c15-11-6-2-1-5-10(11)13(14(19)20)17-12(18)8-9-4-3-7-16-9/h1-2,5-6,9,13,16H,3-4,7-8H2,(H,17,18)(H,19,20)/t9?,13-/m1/s1. The second-order valence-corrected chi connectivity index (χ2v) is 5.26. The molecule has 0 spiro atoms. The molecule has 108 valence electrons. The molecule has 1 fully saturated rings. The molecule has 3 N–H and O–H groups in total. The van der Waals surface area contributed by atoms with E-state index in [0.717, 1.165) is 19.4 Å². The lowest BCUT2D eigenvalue weighted by Gasteiger charge is -2.17. The van der Waals surface area contributed by atoms with Crippen LogP contribution in [0.5, 0.6) is 0 Å². The Hall–Kier alpha value is -1.59. The third kappa shape index (κ3) is 3.71. The minimum atomic E-state index is -1.12. The molecule has 1 aromatic carbocycles. The summed E-state index contributed by atoms with van der Waals surface area (Å²) in [4.78, 5) is 23.3. The molecule has 1 aliphatic heterocycles. The SMILES string of the molecule is O=C(CC1CCCN1)N[C@@H](C(=O)O)c1ccccc1Cl. The highest BCUT2D eigenvalue weighted by Crippen LogP contribution is 2.23. The zero-order valence-corrected chi connectivity index (χ0v) is 11.7. The van der Waals surface area contributed by atoms with E-state index in [1.807, 2.05) is 0 Å². The molecular weight excluding hydrogens is 280 g/mol. The van der Waals surface area contributed by atoms with Crippen molar-refractivity contribution in [1.82, 2.24) is 10.6 Å². The van der Waals surface area contributed by atoms with Crippen LogP contribution in [-0.2, 0) is 9.59 Å². The van der Waals surface area contributed by atoms with E-state index in [1.54, 1.807) is 24.3 Å². The van der Waals surface area contributed by atoms with Gasteiger partial charge in [0.2, 0.25) is 5.91 Å². The zero-order valence-electron chi connectivity index (χ0n) is 10.9. The fourth-order valence-corrected chi connectivity index (χ4v) is 2.60. The van der Waals surface area contributed by atoms with Crippen molar-refractivity contribution in [2.24, 2.45) is 0 Å². The summed E-state index contributed by atoms with van der Waals surface area (Å²) in [6.07, 6.45) is 2.27. The number of hydrogen-bond donors (Lipinski definition) is 3. The van der Waals surface area contributed by atoms with Crippen LogP contribution < -0.4 is 10.6 Å². The van der Waals surface area contributed by atoms with Gasteiger partial charge in [-0.3, -0.25) is 4.79 Å². The molecule has 1 aromatic rings. The van der Waals surface area contributed by atoms with E-state index in [-0.39, 0.29) is 18.4 Å². The molecule has 5 nitrogen and oxygen atoms in total. The summed E-state index contributed by atoms with van der Waals surface area (Å²) in [5.41, 5.74) is 0.398. The van der Waals surface area contributed by atoms with Gasteiger partial charge in [0.25, 0.3) is 0 Å².